The Morgan fingerprint density at radius 1 is 1.10 bits per heavy atom. The van der Waals surface area contributed by atoms with Gasteiger partial charge in [-0.25, -0.2) is 4.39 Å². The summed E-state index contributed by atoms with van der Waals surface area (Å²) in [5, 5.41) is 12.1. The van der Waals surface area contributed by atoms with Crippen LogP contribution in [0, 0.1) is 5.82 Å². The van der Waals surface area contributed by atoms with Crippen molar-refractivity contribution in [3.05, 3.63) is 71.5 Å². The lowest BCUT2D eigenvalue weighted by Crippen LogP contribution is -2.40. The number of nitrogens with one attached hydrogen (secondary N) is 1. The summed E-state index contributed by atoms with van der Waals surface area (Å²) in [6, 6.07) is 15.4. The number of carbonyl (C=O) groups excluding carboxylic acids is 1. The second-order valence-corrected chi connectivity index (χ2v) is 4.90. The lowest BCUT2D eigenvalue weighted by molar-refractivity contribution is -0.121. The summed E-state index contributed by atoms with van der Waals surface area (Å²) < 4.78 is 13.5. The van der Waals surface area contributed by atoms with Gasteiger partial charge in [-0.05, 0) is 23.6 Å². The van der Waals surface area contributed by atoms with Crippen molar-refractivity contribution in [3.63, 3.8) is 0 Å². The van der Waals surface area contributed by atoms with Gasteiger partial charge in [0.1, 0.15) is 5.82 Å². The average Bonchev–Trinajstić information content (AvgIpc) is 2.50. The van der Waals surface area contributed by atoms with Crippen LogP contribution in [0.25, 0.3) is 0 Å². The summed E-state index contributed by atoms with van der Waals surface area (Å²) in [5.41, 5.74) is 1.38. The van der Waals surface area contributed by atoms with E-state index in [9.17, 15) is 14.3 Å². The first-order valence-corrected chi connectivity index (χ1v) is 6.86. The summed E-state index contributed by atoms with van der Waals surface area (Å²) >= 11 is 0. The van der Waals surface area contributed by atoms with Crippen LogP contribution >= 0.6 is 0 Å². The Morgan fingerprint density at radius 2 is 1.76 bits per heavy atom. The highest BCUT2D eigenvalue weighted by molar-refractivity contribution is 5.78. The third-order valence-corrected chi connectivity index (χ3v) is 3.22. The van der Waals surface area contributed by atoms with Gasteiger partial charge >= 0.3 is 0 Å². The summed E-state index contributed by atoms with van der Waals surface area (Å²) in [6.07, 6.45) is 0.512. The topological polar surface area (TPSA) is 49.3 Å². The largest absolute Gasteiger partial charge is 0.394 e. The minimum absolute atomic E-state index is 0.0298. The fraction of sp³-hybridized carbons (Fsp3) is 0.235. The van der Waals surface area contributed by atoms with Crippen molar-refractivity contribution in [1.29, 1.82) is 0 Å². The molecular weight excluding hydrogens is 269 g/mol. The van der Waals surface area contributed by atoms with E-state index in [0.29, 0.717) is 12.0 Å². The van der Waals surface area contributed by atoms with Crippen molar-refractivity contribution >= 4 is 5.91 Å². The van der Waals surface area contributed by atoms with E-state index in [1.165, 1.54) is 6.07 Å². The molecule has 0 saturated heterocycles. The van der Waals surface area contributed by atoms with Crippen LogP contribution in [-0.2, 0) is 17.6 Å². The SMILES string of the molecule is O=C(Cc1ccccc1F)N[C@@H](CO)Cc1ccccc1. The molecule has 2 aromatic carbocycles. The number of carbonyl (C=O) groups is 1. The molecule has 0 radical (unpaired) electrons. The Balaban J connectivity index is 1.92. The normalized spacial score (nSPS) is 11.9. The van der Waals surface area contributed by atoms with E-state index in [0.717, 1.165) is 5.56 Å². The van der Waals surface area contributed by atoms with Crippen LogP contribution in [0.2, 0.25) is 0 Å². The quantitative estimate of drug-likeness (QED) is 0.854. The fourth-order valence-electron chi connectivity index (χ4n) is 2.15. The van der Waals surface area contributed by atoms with Gasteiger partial charge in [-0.3, -0.25) is 4.79 Å². The number of hydrogen-bond acceptors (Lipinski definition) is 2. The summed E-state index contributed by atoms with van der Waals surface area (Å²) in [6.45, 7) is -0.155. The van der Waals surface area contributed by atoms with E-state index in [-0.39, 0.29) is 25.0 Å². The highest BCUT2D eigenvalue weighted by Crippen LogP contribution is 2.08. The average molecular weight is 287 g/mol. The molecule has 110 valence electrons. The maximum atomic E-state index is 13.5. The molecule has 2 N–H and O–H groups in total. The smallest absolute Gasteiger partial charge is 0.224 e. The molecule has 4 heteroatoms. The number of benzene rings is 2. The minimum atomic E-state index is -0.392. The summed E-state index contributed by atoms with van der Waals surface area (Å²) in [7, 11) is 0. The Labute approximate surface area is 123 Å². The van der Waals surface area contributed by atoms with Crippen molar-refractivity contribution in [2.24, 2.45) is 0 Å². The van der Waals surface area contributed by atoms with Gasteiger partial charge in [0.15, 0.2) is 0 Å². The van der Waals surface area contributed by atoms with Gasteiger partial charge in [-0.2, -0.15) is 0 Å². The zero-order valence-electron chi connectivity index (χ0n) is 11.6. The number of hydrogen-bond donors (Lipinski definition) is 2. The Hall–Kier alpha value is -2.20. The molecule has 1 amide bonds. The maximum Gasteiger partial charge on any atom is 0.224 e. The Kier molecular flexibility index (Phi) is 5.46. The van der Waals surface area contributed by atoms with Gasteiger partial charge in [0.2, 0.25) is 5.91 Å². The molecule has 0 aliphatic heterocycles. The lowest BCUT2D eigenvalue weighted by Gasteiger charge is -2.16. The van der Waals surface area contributed by atoms with Gasteiger partial charge in [0, 0.05) is 0 Å². The third-order valence-electron chi connectivity index (χ3n) is 3.22. The number of aliphatic hydroxyl groups is 1. The van der Waals surface area contributed by atoms with Gasteiger partial charge in [0.05, 0.1) is 19.1 Å². The first kappa shape index (κ1) is 15.2. The van der Waals surface area contributed by atoms with Crippen LogP contribution in [0.15, 0.2) is 54.6 Å². The van der Waals surface area contributed by atoms with Gasteiger partial charge in [-0.15, -0.1) is 0 Å². The van der Waals surface area contributed by atoms with E-state index >= 15 is 0 Å². The maximum absolute atomic E-state index is 13.5. The second-order valence-electron chi connectivity index (χ2n) is 4.90. The molecule has 2 rings (SSSR count). The van der Waals surface area contributed by atoms with Crippen molar-refractivity contribution < 1.29 is 14.3 Å². The summed E-state index contributed by atoms with van der Waals surface area (Å²) in [5.74, 6) is -0.689. The molecule has 0 heterocycles. The molecule has 0 unspecified atom stereocenters. The molecule has 1 atom stereocenters. The van der Waals surface area contributed by atoms with Crippen LogP contribution in [0.1, 0.15) is 11.1 Å². The number of halogens is 1. The van der Waals surface area contributed by atoms with Gasteiger partial charge < -0.3 is 10.4 Å². The molecule has 21 heavy (non-hydrogen) atoms. The van der Waals surface area contributed by atoms with Crippen LogP contribution in [0.5, 0.6) is 0 Å². The van der Waals surface area contributed by atoms with E-state index < -0.39 is 5.82 Å². The number of aliphatic hydroxyl groups excluding tert-OH is 1. The van der Waals surface area contributed by atoms with Gasteiger partial charge in [-0.1, -0.05) is 48.5 Å². The molecule has 0 aromatic heterocycles. The summed E-state index contributed by atoms with van der Waals surface area (Å²) in [4.78, 5) is 11.9. The predicted octanol–water partition coefficient (Wildman–Crippen LogP) is 2.09. The standard InChI is InChI=1S/C17H18FNO2/c18-16-9-5-4-8-14(16)11-17(21)19-15(12-20)10-13-6-2-1-3-7-13/h1-9,15,20H,10-12H2,(H,19,21)/t15-/m1/s1. The van der Waals surface area contributed by atoms with Crippen LogP contribution in [-0.4, -0.2) is 23.7 Å². The number of rotatable bonds is 6. The Bertz CT molecular complexity index is 586. The molecule has 0 fully saturated rings. The molecule has 0 aliphatic rings. The van der Waals surface area contributed by atoms with Crippen molar-refractivity contribution in [1.82, 2.24) is 5.32 Å². The molecule has 0 spiro atoms. The predicted molar refractivity (Wildman–Crippen MR) is 79.3 cm³/mol. The zero-order valence-corrected chi connectivity index (χ0v) is 11.6. The van der Waals surface area contributed by atoms with Crippen molar-refractivity contribution in [2.45, 2.75) is 18.9 Å². The lowest BCUT2D eigenvalue weighted by atomic mass is 10.1. The molecular formula is C17H18FNO2. The zero-order chi connectivity index (χ0) is 15.1. The minimum Gasteiger partial charge on any atom is -0.394 e. The molecule has 3 nitrogen and oxygen atoms in total. The highest BCUT2D eigenvalue weighted by Gasteiger charge is 2.13. The van der Waals surface area contributed by atoms with E-state index in [1.54, 1.807) is 18.2 Å². The molecule has 0 saturated carbocycles. The van der Waals surface area contributed by atoms with Crippen LogP contribution < -0.4 is 5.32 Å². The molecule has 0 bridgehead atoms. The second kappa shape index (κ2) is 7.55. The Morgan fingerprint density at radius 3 is 2.43 bits per heavy atom. The third kappa shape index (κ3) is 4.68. The van der Waals surface area contributed by atoms with E-state index in [1.807, 2.05) is 30.3 Å². The van der Waals surface area contributed by atoms with Crippen molar-refractivity contribution in [3.8, 4) is 0 Å². The highest BCUT2D eigenvalue weighted by atomic mass is 19.1. The van der Waals surface area contributed by atoms with Gasteiger partial charge in [0.25, 0.3) is 0 Å². The molecule has 0 aliphatic carbocycles. The number of amides is 1. The molecule has 2 aromatic rings. The van der Waals surface area contributed by atoms with E-state index in [4.69, 9.17) is 0 Å². The van der Waals surface area contributed by atoms with Crippen LogP contribution in [0.3, 0.4) is 0 Å². The fourth-order valence-corrected chi connectivity index (χ4v) is 2.15. The van der Waals surface area contributed by atoms with Crippen molar-refractivity contribution in [2.75, 3.05) is 6.61 Å². The monoisotopic (exact) mass is 287 g/mol. The van der Waals surface area contributed by atoms with E-state index in [2.05, 4.69) is 5.32 Å². The van der Waals surface area contributed by atoms with Crippen LogP contribution in [0.4, 0.5) is 4.39 Å². The first-order valence-electron chi connectivity index (χ1n) is 6.86. The first-order chi connectivity index (χ1) is 10.2.